The number of nitrogens with zero attached hydrogens (tertiary/aromatic N) is 1. The van der Waals surface area contributed by atoms with Gasteiger partial charge >= 0.3 is 0 Å². The molecule has 1 fully saturated rings. The Morgan fingerprint density at radius 1 is 1.17 bits per heavy atom. The van der Waals surface area contributed by atoms with Gasteiger partial charge in [0.25, 0.3) is 5.91 Å². The van der Waals surface area contributed by atoms with Crippen LogP contribution in [0, 0.1) is 5.82 Å². The van der Waals surface area contributed by atoms with Crippen LogP contribution in [0.5, 0.6) is 0 Å². The molecule has 0 aromatic heterocycles. The number of rotatable bonds is 2. The van der Waals surface area contributed by atoms with Gasteiger partial charge in [0, 0.05) is 18.7 Å². The van der Waals surface area contributed by atoms with Gasteiger partial charge in [0.2, 0.25) is 5.91 Å². The van der Waals surface area contributed by atoms with Gasteiger partial charge in [0.1, 0.15) is 11.9 Å². The first kappa shape index (κ1) is 15.5. The monoisotopic (exact) mass is 332 g/mol. The molecule has 23 heavy (non-hydrogen) atoms. The zero-order valence-electron chi connectivity index (χ0n) is 12.1. The van der Waals surface area contributed by atoms with Gasteiger partial charge < -0.3 is 10.2 Å². The van der Waals surface area contributed by atoms with Crippen LogP contribution in [0.3, 0.4) is 0 Å². The van der Waals surface area contributed by atoms with Gasteiger partial charge in [-0.25, -0.2) is 4.39 Å². The Bertz CT molecular complexity index is 766. The topological polar surface area (TPSA) is 49.4 Å². The highest BCUT2D eigenvalue weighted by Gasteiger charge is 2.36. The molecule has 0 saturated carbocycles. The van der Waals surface area contributed by atoms with Crippen LogP contribution in [-0.4, -0.2) is 29.8 Å². The number of piperazine rings is 1. The zero-order chi connectivity index (χ0) is 16.4. The van der Waals surface area contributed by atoms with Gasteiger partial charge in [-0.3, -0.25) is 9.59 Å². The van der Waals surface area contributed by atoms with E-state index in [0.29, 0.717) is 17.1 Å². The van der Waals surface area contributed by atoms with E-state index in [2.05, 4.69) is 5.32 Å². The molecule has 2 aromatic carbocycles. The Morgan fingerprint density at radius 3 is 2.61 bits per heavy atom. The van der Waals surface area contributed by atoms with Gasteiger partial charge in [0.05, 0.1) is 10.6 Å². The Hall–Kier alpha value is -2.40. The molecule has 3 rings (SSSR count). The molecule has 1 saturated heterocycles. The number of carbonyl (C=O) groups is 2. The van der Waals surface area contributed by atoms with Crippen LogP contribution in [0.15, 0.2) is 48.5 Å². The summed E-state index contributed by atoms with van der Waals surface area (Å²) in [4.78, 5) is 26.4. The summed E-state index contributed by atoms with van der Waals surface area (Å²) in [5.74, 6) is -1.31. The lowest BCUT2D eigenvalue weighted by Gasteiger charge is -2.35. The molecule has 6 heteroatoms. The lowest BCUT2D eigenvalue weighted by atomic mass is 10.0. The first-order valence-electron chi connectivity index (χ1n) is 7.17. The van der Waals surface area contributed by atoms with E-state index in [1.165, 1.54) is 17.0 Å². The first-order valence-corrected chi connectivity index (χ1v) is 7.55. The maximum atomic E-state index is 14.1. The van der Waals surface area contributed by atoms with Crippen molar-refractivity contribution in [2.45, 2.75) is 6.04 Å². The highest BCUT2D eigenvalue weighted by molar-refractivity contribution is 6.33. The van der Waals surface area contributed by atoms with Crippen LogP contribution in [0.4, 0.5) is 4.39 Å². The molecule has 2 aromatic rings. The van der Waals surface area contributed by atoms with Gasteiger partial charge in [-0.1, -0.05) is 41.9 Å². The SMILES string of the molecule is O=C1NCCN(C(=O)c2ccccc2Cl)C1c1ccccc1F. The molecular weight excluding hydrogens is 319 g/mol. The standard InChI is InChI=1S/C17H14ClFN2O2/c18-13-7-3-1-5-11(13)17(23)21-10-9-20-16(22)15(21)12-6-2-4-8-14(12)19/h1-8,15H,9-10H2,(H,20,22). The smallest absolute Gasteiger partial charge is 0.256 e. The molecular formula is C17H14ClFN2O2. The Balaban J connectivity index is 2.02. The summed E-state index contributed by atoms with van der Waals surface area (Å²) in [6.45, 7) is 0.606. The van der Waals surface area contributed by atoms with Crippen LogP contribution in [0.25, 0.3) is 0 Å². The summed E-state index contributed by atoms with van der Waals surface area (Å²) in [7, 11) is 0. The number of hydrogen-bond donors (Lipinski definition) is 1. The number of carbonyl (C=O) groups excluding carboxylic acids is 2. The maximum absolute atomic E-state index is 14.1. The molecule has 0 radical (unpaired) electrons. The summed E-state index contributed by atoms with van der Waals surface area (Å²) in [6, 6.07) is 11.6. The molecule has 0 bridgehead atoms. The average molecular weight is 333 g/mol. The number of amides is 2. The summed E-state index contributed by atoms with van der Waals surface area (Å²) in [6.07, 6.45) is 0. The van der Waals surface area contributed by atoms with E-state index in [0.717, 1.165) is 0 Å². The highest BCUT2D eigenvalue weighted by Crippen LogP contribution is 2.28. The second kappa shape index (κ2) is 6.38. The molecule has 2 amide bonds. The van der Waals surface area contributed by atoms with Crippen molar-refractivity contribution in [3.8, 4) is 0 Å². The van der Waals surface area contributed by atoms with Crippen molar-refractivity contribution in [3.63, 3.8) is 0 Å². The van der Waals surface area contributed by atoms with Crippen molar-refractivity contribution in [1.29, 1.82) is 0 Å². The van der Waals surface area contributed by atoms with E-state index in [1.54, 1.807) is 36.4 Å². The van der Waals surface area contributed by atoms with E-state index in [4.69, 9.17) is 11.6 Å². The average Bonchev–Trinajstić information content (AvgIpc) is 2.55. The van der Waals surface area contributed by atoms with Crippen molar-refractivity contribution in [2.24, 2.45) is 0 Å². The molecule has 0 spiro atoms. The minimum Gasteiger partial charge on any atom is -0.352 e. The third kappa shape index (κ3) is 2.92. The van der Waals surface area contributed by atoms with Crippen molar-refractivity contribution < 1.29 is 14.0 Å². The summed E-state index contributed by atoms with van der Waals surface area (Å²) >= 11 is 6.08. The van der Waals surface area contributed by atoms with Crippen LogP contribution in [0.2, 0.25) is 5.02 Å². The third-order valence-corrected chi connectivity index (χ3v) is 4.11. The molecule has 1 heterocycles. The predicted molar refractivity (Wildman–Crippen MR) is 84.6 cm³/mol. The van der Waals surface area contributed by atoms with Crippen LogP contribution in [0.1, 0.15) is 22.0 Å². The second-order valence-corrected chi connectivity index (χ2v) is 5.60. The van der Waals surface area contributed by atoms with Gasteiger partial charge in [-0.05, 0) is 18.2 Å². The summed E-state index contributed by atoms with van der Waals surface area (Å²) in [5.41, 5.74) is 0.468. The van der Waals surface area contributed by atoms with E-state index < -0.39 is 23.7 Å². The minimum atomic E-state index is -1.01. The van der Waals surface area contributed by atoms with Crippen LogP contribution in [-0.2, 0) is 4.79 Å². The predicted octanol–water partition coefficient (Wildman–Crippen LogP) is 2.79. The van der Waals surface area contributed by atoms with E-state index in [-0.39, 0.29) is 12.1 Å². The van der Waals surface area contributed by atoms with E-state index in [9.17, 15) is 14.0 Å². The number of halogens is 2. The Labute approximate surface area is 137 Å². The maximum Gasteiger partial charge on any atom is 0.256 e. The van der Waals surface area contributed by atoms with Gasteiger partial charge in [-0.15, -0.1) is 0 Å². The molecule has 1 N–H and O–H groups in total. The molecule has 1 unspecified atom stereocenters. The van der Waals surface area contributed by atoms with Crippen molar-refractivity contribution in [1.82, 2.24) is 10.2 Å². The van der Waals surface area contributed by atoms with Gasteiger partial charge in [0.15, 0.2) is 0 Å². The largest absolute Gasteiger partial charge is 0.352 e. The second-order valence-electron chi connectivity index (χ2n) is 5.19. The van der Waals surface area contributed by atoms with Crippen LogP contribution >= 0.6 is 11.6 Å². The fourth-order valence-electron chi connectivity index (χ4n) is 2.68. The fraction of sp³-hybridized carbons (Fsp3) is 0.176. The van der Waals surface area contributed by atoms with Crippen LogP contribution < -0.4 is 5.32 Å². The third-order valence-electron chi connectivity index (χ3n) is 3.78. The summed E-state index contributed by atoms with van der Waals surface area (Å²) < 4.78 is 14.1. The Morgan fingerprint density at radius 2 is 1.87 bits per heavy atom. The normalized spacial score (nSPS) is 17.7. The molecule has 118 valence electrons. The van der Waals surface area contributed by atoms with E-state index >= 15 is 0 Å². The molecule has 0 aliphatic carbocycles. The summed E-state index contributed by atoms with van der Waals surface area (Å²) in [5, 5.41) is 2.98. The highest BCUT2D eigenvalue weighted by atomic mass is 35.5. The first-order chi connectivity index (χ1) is 11.1. The minimum absolute atomic E-state index is 0.171. The lowest BCUT2D eigenvalue weighted by Crippen LogP contribution is -2.52. The molecule has 4 nitrogen and oxygen atoms in total. The number of nitrogens with one attached hydrogen (secondary N) is 1. The van der Waals surface area contributed by atoms with Crippen molar-refractivity contribution >= 4 is 23.4 Å². The quantitative estimate of drug-likeness (QED) is 0.919. The van der Waals surface area contributed by atoms with E-state index in [1.807, 2.05) is 0 Å². The molecule has 1 aliphatic heterocycles. The number of benzene rings is 2. The molecule has 1 atom stereocenters. The zero-order valence-corrected chi connectivity index (χ0v) is 12.9. The lowest BCUT2D eigenvalue weighted by molar-refractivity contribution is -0.128. The molecule has 1 aliphatic rings. The fourth-order valence-corrected chi connectivity index (χ4v) is 2.90. The number of hydrogen-bond acceptors (Lipinski definition) is 2. The van der Waals surface area contributed by atoms with Gasteiger partial charge in [-0.2, -0.15) is 0 Å². The van der Waals surface area contributed by atoms with Crippen molar-refractivity contribution in [2.75, 3.05) is 13.1 Å². The Kier molecular flexibility index (Phi) is 4.30. The van der Waals surface area contributed by atoms with Crippen molar-refractivity contribution in [3.05, 3.63) is 70.5 Å².